The number of carboxylic acid groups (broad SMARTS) is 1. The summed E-state index contributed by atoms with van der Waals surface area (Å²) in [6.07, 6.45) is 1.64. The van der Waals surface area contributed by atoms with Crippen molar-refractivity contribution >= 4 is 17.6 Å². The first-order valence-corrected chi connectivity index (χ1v) is 6.89. The summed E-state index contributed by atoms with van der Waals surface area (Å²) in [7, 11) is 1.60. The van der Waals surface area contributed by atoms with Gasteiger partial charge in [-0.3, -0.25) is 9.59 Å². The molecule has 1 aromatic carbocycles. The molecule has 4 N–H and O–H groups in total. The number of carbonyl (C=O) groups is 2. The van der Waals surface area contributed by atoms with E-state index in [2.05, 4.69) is 5.32 Å². The highest BCUT2D eigenvalue weighted by atomic mass is 16.5. The zero-order chi connectivity index (χ0) is 15.7. The number of nitrogens with two attached hydrogens (primary N) is 1. The fourth-order valence-corrected chi connectivity index (χ4v) is 1.91. The van der Waals surface area contributed by atoms with Gasteiger partial charge < -0.3 is 20.9 Å². The Hall–Kier alpha value is -1.92. The van der Waals surface area contributed by atoms with Crippen molar-refractivity contribution in [1.29, 1.82) is 0 Å². The van der Waals surface area contributed by atoms with Crippen LogP contribution >= 0.6 is 0 Å². The number of benzene rings is 1. The van der Waals surface area contributed by atoms with Crippen molar-refractivity contribution in [3.63, 3.8) is 0 Å². The van der Waals surface area contributed by atoms with Crippen LogP contribution in [0.1, 0.15) is 24.8 Å². The molecular formula is C15H22N2O4. The van der Waals surface area contributed by atoms with Gasteiger partial charge in [-0.1, -0.05) is 18.2 Å². The van der Waals surface area contributed by atoms with Gasteiger partial charge in [0.25, 0.3) is 0 Å². The first kappa shape index (κ1) is 17.1. The maximum absolute atomic E-state index is 12.0. The predicted octanol–water partition coefficient (Wildman–Crippen LogP) is 1.40. The molecule has 6 nitrogen and oxygen atoms in total. The molecule has 21 heavy (non-hydrogen) atoms. The highest BCUT2D eigenvalue weighted by Crippen LogP contribution is 2.17. The summed E-state index contributed by atoms with van der Waals surface area (Å²) in [5.74, 6) is -1.14. The first-order valence-electron chi connectivity index (χ1n) is 6.89. The SMILES string of the molecule is COCCCC(N)C(=O)Nc1ccccc1CCC(=O)O. The maximum atomic E-state index is 12.0. The monoisotopic (exact) mass is 294 g/mol. The molecule has 0 bridgehead atoms. The minimum atomic E-state index is -0.868. The van der Waals surface area contributed by atoms with Crippen molar-refractivity contribution < 1.29 is 19.4 Å². The number of para-hydroxylation sites is 1. The molecule has 1 rings (SSSR count). The van der Waals surface area contributed by atoms with Crippen LogP contribution in [0.4, 0.5) is 5.69 Å². The zero-order valence-corrected chi connectivity index (χ0v) is 12.2. The number of carbonyl (C=O) groups excluding carboxylic acids is 1. The van der Waals surface area contributed by atoms with Crippen molar-refractivity contribution in [1.82, 2.24) is 0 Å². The Balaban J connectivity index is 2.60. The molecule has 1 aromatic rings. The standard InChI is InChI=1S/C15H22N2O4/c1-21-10-4-6-12(16)15(20)17-13-7-3-2-5-11(13)8-9-14(18)19/h2-3,5,7,12H,4,6,8-10,16H2,1H3,(H,17,20)(H,18,19). The molecule has 0 spiro atoms. The second-order valence-corrected chi connectivity index (χ2v) is 4.78. The molecule has 1 atom stereocenters. The van der Waals surface area contributed by atoms with Crippen molar-refractivity contribution in [2.24, 2.45) is 5.73 Å². The van der Waals surface area contributed by atoms with Crippen molar-refractivity contribution in [3.8, 4) is 0 Å². The number of aliphatic carboxylic acids is 1. The van der Waals surface area contributed by atoms with Crippen LogP contribution in [0.25, 0.3) is 0 Å². The Kier molecular flexibility index (Phi) is 7.42. The van der Waals surface area contributed by atoms with Crippen LogP contribution in [0.5, 0.6) is 0 Å². The number of hydrogen-bond donors (Lipinski definition) is 3. The van der Waals surface area contributed by atoms with Gasteiger partial charge in [0.15, 0.2) is 0 Å². The van der Waals surface area contributed by atoms with Crippen LogP contribution in [0, 0.1) is 0 Å². The van der Waals surface area contributed by atoms with Crippen molar-refractivity contribution in [3.05, 3.63) is 29.8 Å². The van der Waals surface area contributed by atoms with Gasteiger partial charge in [-0.05, 0) is 30.9 Å². The quantitative estimate of drug-likeness (QED) is 0.597. The number of rotatable bonds is 9. The molecule has 0 radical (unpaired) electrons. The maximum Gasteiger partial charge on any atom is 0.303 e. The number of nitrogens with one attached hydrogen (secondary N) is 1. The van der Waals surface area contributed by atoms with E-state index >= 15 is 0 Å². The van der Waals surface area contributed by atoms with E-state index in [1.807, 2.05) is 6.07 Å². The molecule has 0 saturated heterocycles. The van der Waals surface area contributed by atoms with Gasteiger partial charge in [-0.2, -0.15) is 0 Å². The van der Waals surface area contributed by atoms with Crippen LogP contribution in [-0.2, 0) is 20.7 Å². The first-order chi connectivity index (χ1) is 10.0. The Bertz CT molecular complexity index is 476. The molecule has 0 saturated carbocycles. The Morgan fingerprint density at radius 1 is 1.38 bits per heavy atom. The van der Waals surface area contributed by atoms with E-state index < -0.39 is 12.0 Å². The summed E-state index contributed by atoms with van der Waals surface area (Å²) < 4.78 is 4.92. The molecular weight excluding hydrogens is 272 g/mol. The third kappa shape index (κ3) is 6.37. The Labute approximate surface area is 124 Å². The van der Waals surface area contributed by atoms with Crippen LogP contribution in [0.2, 0.25) is 0 Å². The summed E-state index contributed by atoms with van der Waals surface area (Å²) in [4.78, 5) is 22.6. The van der Waals surface area contributed by atoms with Gasteiger partial charge >= 0.3 is 5.97 Å². The van der Waals surface area contributed by atoms with Gasteiger partial charge in [-0.15, -0.1) is 0 Å². The summed E-state index contributed by atoms with van der Waals surface area (Å²) in [6, 6.07) is 6.54. The van der Waals surface area contributed by atoms with Crippen molar-refractivity contribution in [2.75, 3.05) is 19.0 Å². The van der Waals surface area contributed by atoms with Gasteiger partial charge in [0.05, 0.1) is 6.04 Å². The van der Waals surface area contributed by atoms with E-state index in [0.29, 0.717) is 31.6 Å². The molecule has 1 unspecified atom stereocenters. The van der Waals surface area contributed by atoms with Crippen LogP contribution in [0.3, 0.4) is 0 Å². The minimum absolute atomic E-state index is 0.0206. The van der Waals surface area contributed by atoms with Crippen LogP contribution in [0.15, 0.2) is 24.3 Å². The average Bonchev–Trinajstić information content (AvgIpc) is 2.46. The number of ether oxygens (including phenoxy) is 1. The summed E-state index contributed by atoms with van der Waals surface area (Å²) in [5, 5.41) is 11.5. The summed E-state index contributed by atoms with van der Waals surface area (Å²) >= 11 is 0. The normalized spacial score (nSPS) is 11.9. The largest absolute Gasteiger partial charge is 0.481 e. The topological polar surface area (TPSA) is 102 Å². The van der Waals surface area contributed by atoms with E-state index in [0.717, 1.165) is 5.56 Å². The van der Waals surface area contributed by atoms with Crippen LogP contribution in [-0.4, -0.2) is 36.7 Å². The molecule has 6 heteroatoms. The van der Waals surface area contributed by atoms with Gasteiger partial charge in [0.1, 0.15) is 0 Å². The minimum Gasteiger partial charge on any atom is -0.481 e. The lowest BCUT2D eigenvalue weighted by molar-refractivity contribution is -0.136. The smallest absolute Gasteiger partial charge is 0.303 e. The number of anilines is 1. The molecule has 116 valence electrons. The molecule has 0 aliphatic rings. The van der Waals surface area contributed by atoms with Gasteiger partial charge in [0, 0.05) is 25.8 Å². The lowest BCUT2D eigenvalue weighted by Crippen LogP contribution is -2.36. The van der Waals surface area contributed by atoms with E-state index in [4.69, 9.17) is 15.6 Å². The van der Waals surface area contributed by atoms with Crippen molar-refractivity contribution in [2.45, 2.75) is 31.7 Å². The number of carboxylic acids is 1. The molecule has 0 aliphatic heterocycles. The molecule has 0 aliphatic carbocycles. The predicted molar refractivity (Wildman–Crippen MR) is 80.1 cm³/mol. The number of hydrogen-bond acceptors (Lipinski definition) is 4. The lowest BCUT2D eigenvalue weighted by Gasteiger charge is -2.14. The average molecular weight is 294 g/mol. The highest BCUT2D eigenvalue weighted by molar-refractivity contribution is 5.95. The molecule has 0 aromatic heterocycles. The summed E-state index contributed by atoms with van der Waals surface area (Å²) in [5.41, 5.74) is 7.22. The zero-order valence-electron chi connectivity index (χ0n) is 12.2. The Morgan fingerprint density at radius 3 is 2.76 bits per heavy atom. The highest BCUT2D eigenvalue weighted by Gasteiger charge is 2.14. The molecule has 1 amide bonds. The third-order valence-corrected chi connectivity index (χ3v) is 3.08. The third-order valence-electron chi connectivity index (χ3n) is 3.08. The fraction of sp³-hybridized carbons (Fsp3) is 0.467. The summed E-state index contributed by atoms with van der Waals surface area (Å²) in [6.45, 7) is 0.566. The second-order valence-electron chi connectivity index (χ2n) is 4.78. The van der Waals surface area contributed by atoms with Gasteiger partial charge in [0.2, 0.25) is 5.91 Å². The fourth-order valence-electron chi connectivity index (χ4n) is 1.91. The van der Waals surface area contributed by atoms with Gasteiger partial charge in [-0.25, -0.2) is 0 Å². The molecule has 0 heterocycles. The number of methoxy groups -OCH3 is 1. The van der Waals surface area contributed by atoms with Crippen LogP contribution < -0.4 is 11.1 Å². The van der Waals surface area contributed by atoms with E-state index in [1.165, 1.54) is 0 Å². The van der Waals surface area contributed by atoms with E-state index in [-0.39, 0.29) is 12.3 Å². The second kappa shape index (κ2) is 9.10. The Morgan fingerprint density at radius 2 is 2.10 bits per heavy atom. The molecule has 0 fully saturated rings. The van der Waals surface area contributed by atoms with E-state index in [1.54, 1.807) is 25.3 Å². The number of aryl methyl sites for hydroxylation is 1. The number of amides is 1. The lowest BCUT2D eigenvalue weighted by atomic mass is 10.1. The van der Waals surface area contributed by atoms with E-state index in [9.17, 15) is 9.59 Å².